The first-order valence-electron chi connectivity index (χ1n) is 4.35. The fourth-order valence-electron chi connectivity index (χ4n) is 1.01. The van der Waals surface area contributed by atoms with Crippen molar-refractivity contribution in [3.05, 3.63) is 34.4 Å². The third-order valence-electron chi connectivity index (χ3n) is 1.89. The number of non-ortho nitro benzene ring substituents is 1. The monoisotopic (exact) mass is 246 g/mol. The van der Waals surface area contributed by atoms with E-state index in [2.05, 4.69) is 0 Å². The van der Waals surface area contributed by atoms with Crippen molar-refractivity contribution >= 4 is 21.4 Å². The molecule has 1 aromatic carbocycles. The zero-order chi connectivity index (χ0) is 12.3. The normalized spacial score (nSPS) is 11.1. The average molecular weight is 246 g/mol. The van der Waals surface area contributed by atoms with E-state index in [1.807, 2.05) is 0 Å². The zero-order valence-electron chi connectivity index (χ0n) is 8.40. The van der Waals surface area contributed by atoms with Gasteiger partial charge >= 0.3 is 0 Å². The summed E-state index contributed by atoms with van der Waals surface area (Å²) >= 11 is 0. The second-order valence-corrected chi connectivity index (χ2v) is 5.01. The van der Waals surface area contributed by atoms with Crippen LogP contribution in [0.2, 0.25) is 0 Å². The van der Waals surface area contributed by atoms with Crippen LogP contribution in [0.5, 0.6) is 0 Å². The van der Waals surface area contributed by atoms with Gasteiger partial charge in [0.15, 0.2) is 0 Å². The molecular formula is C8H10N2O5S. The van der Waals surface area contributed by atoms with E-state index in [1.165, 1.54) is 25.1 Å². The van der Waals surface area contributed by atoms with Crippen molar-refractivity contribution in [2.24, 2.45) is 0 Å². The third-order valence-corrected chi connectivity index (χ3v) is 3.36. The van der Waals surface area contributed by atoms with Gasteiger partial charge in [0.1, 0.15) is 0 Å². The standard InChI is InChI=1S/C8H10N2O5S/c1-2-16(14,15)10(13)8-5-3-4-7(6-8)9(11)12/h3-6,13H,2H2,1H3. The molecule has 0 fully saturated rings. The molecule has 0 aliphatic heterocycles. The Morgan fingerprint density at radius 1 is 1.50 bits per heavy atom. The van der Waals surface area contributed by atoms with E-state index in [4.69, 9.17) is 0 Å². The Morgan fingerprint density at radius 3 is 2.62 bits per heavy atom. The Morgan fingerprint density at radius 2 is 2.12 bits per heavy atom. The van der Waals surface area contributed by atoms with Crippen LogP contribution in [0.25, 0.3) is 0 Å². The van der Waals surface area contributed by atoms with Gasteiger partial charge in [0, 0.05) is 12.1 Å². The van der Waals surface area contributed by atoms with Crippen molar-refractivity contribution in [1.82, 2.24) is 0 Å². The summed E-state index contributed by atoms with van der Waals surface area (Å²) < 4.78 is 22.6. The van der Waals surface area contributed by atoms with Crippen molar-refractivity contribution in [3.63, 3.8) is 0 Å². The van der Waals surface area contributed by atoms with Crippen LogP contribution in [0.3, 0.4) is 0 Å². The molecule has 0 spiro atoms. The Hall–Kier alpha value is -1.67. The highest BCUT2D eigenvalue weighted by Gasteiger charge is 2.20. The first-order chi connectivity index (χ1) is 7.38. The lowest BCUT2D eigenvalue weighted by Gasteiger charge is -2.15. The van der Waals surface area contributed by atoms with Crippen LogP contribution in [0.15, 0.2) is 24.3 Å². The van der Waals surface area contributed by atoms with Crippen molar-refractivity contribution in [3.8, 4) is 0 Å². The number of nitro groups is 1. The van der Waals surface area contributed by atoms with E-state index in [0.717, 1.165) is 6.07 Å². The number of nitro benzene ring substituents is 1. The lowest BCUT2D eigenvalue weighted by Crippen LogP contribution is -2.28. The van der Waals surface area contributed by atoms with E-state index in [-0.39, 0.29) is 21.6 Å². The highest BCUT2D eigenvalue weighted by molar-refractivity contribution is 7.92. The largest absolute Gasteiger partial charge is 0.274 e. The Balaban J connectivity index is 3.15. The van der Waals surface area contributed by atoms with Gasteiger partial charge in [0.25, 0.3) is 15.7 Å². The van der Waals surface area contributed by atoms with Gasteiger partial charge in [-0.15, -0.1) is 4.47 Å². The maximum atomic E-state index is 11.3. The molecule has 8 heteroatoms. The minimum atomic E-state index is -3.83. The smallest absolute Gasteiger partial charge is 0.271 e. The number of hydrogen-bond donors (Lipinski definition) is 1. The molecule has 0 atom stereocenters. The first kappa shape index (κ1) is 12.4. The van der Waals surface area contributed by atoms with E-state index in [9.17, 15) is 23.7 Å². The van der Waals surface area contributed by atoms with Crippen molar-refractivity contribution in [2.75, 3.05) is 10.2 Å². The zero-order valence-corrected chi connectivity index (χ0v) is 9.22. The third kappa shape index (κ3) is 2.47. The number of anilines is 1. The van der Waals surface area contributed by atoms with Gasteiger partial charge in [-0.1, -0.05) is 6.07 Å². The maximum Gasteiger partial charge on any atom is 0.271 e. The van der Waals surface area contributed by atoms with E-state index < -0.39 is 14.9 Å². The summed E-state index contributed by atoms with van der Waals surface area (Å²) in [5.41, 5.74) is -0.445. The van der Waals surface area contributed by atoms with Gasteiger partial charge in [0.2, 0.25) is 0 Å². The van der Waals surface area contributed by atoms with E-state index in [0.29, 0.717) is 0 Å². The number of hydrogen-bond acceptors (Lipinski definition) is 5. The lowest BCUT2D eigenvalue weighted by atomic mass is 10.3. The van der Waals surface area contributed by atoms with Gasteiger partial charge in [-0.25, -0.2) is 8.42 Å². The molecule has 0 unspecified atom stereocenters. The molecule has 1 aromatic rings. The molecule has 7 nitrogen and oxygen atoms in total. The highest BCUT2D eigenvalue weighted by atomic mass is 32.2. The summed E-state index contributed by atoms with van der Waals surface area (Å²) in [4.78, 5) is 9.78. The van der Waals surface area contributed by atoms with E-state index >= 15 is 0 Å². The number of nitrogens with zero attached hydrogens (tertiary/aromatic N) is 2. The average Bonchev–Trinajstić information content (AvgIpc) is 2.28. The molecule has 0 radical (unpaired) electrons. The highest BCUT2D eigenvalue weighted by Crippen LogP contribution is 2.21. The predicted octanol–water partition coefficient (Wildman–Crippen LogP) is 1.14. The fourth-order valence-corrected chi connectivity index (χ4v) is 1.69. The SMILES string of the molecule is CCS(=O)(=O)N(O)c1cccc([N+](=O)[O-])c1. The van der Waals surface area contributed by atoms with Gasteiger partial charge in [-0.3, -0.25) is 15.3 Å². The minimum absolute atomic E-state index is 0.0417. The van der Waals surface area contributed by atoms with Crippen LogP contribution < -0.4 is 4.47 Å². The number of sulfonamides is 1. The lowest BCUT2D eigenvalue weighted by molar-refractivity contribution is -0.384. The molecule has 0 saturated carbocycles. The second-order valence-electron chi connectivity index (χ2n) is 2.92. The van der Waals surface area contributed by atoms with Crippen molar-refractivity contribution < 1.29 is 18.5 Å². The van der Waals surface area contributed by atoms with Gasteiger partial charge in [-0.05, 0) is 13.0 Å². The number of benzene rings is 1. The Bertz CT molecular complexity index is 499. The van der Waals surface area contributed by atoms with Crippen LogP contribution in [-0.4, -0.2) is 24.3 Å². The molecule has 1 rings (SSSR count). The molecule has 0 amide bonds. The molecule has 16 heavy (non-hydrogen) atoms. The summed E-state index contributed by atoms with van der Waals surface area (Å²) in [5.74, 6) is -0.299. The second kappa shape index (κ2) is 4.45. The topological polar surface area (TPSA) is 101 Å². The molecule has 0 bridgehead atoms. The molecule has 0 heterocycles. The molecule has 88 valence electrons. The quantitative estimate of drug-likeness (QED) is 0.634. The molecule has 0 aromatic heterocycles. The summed E-state index contributed by atoms with van der Waals surface area (Å²) in [7, 11) is -3.83. The fraction of sp³-hybridized carbons (Fsp3) is 0.250. The molecule has 0 aliphatic rings. The predicted molar refractivity (Wildman–Crippen MR) is 56.8 cm³/mol. The molecule has 0 saturated heterocycles. The number of rotatable bonds is 4. The van der Waals surface area contributed by atoms with Crippen LogP contribution in [0.1, 0.15) is 6.92 Å². The molecule has 0 aliphatic carbocycles. The van der Waals surface area contributed by atoms with Gasteiger partial charge in [-0.2, -0.15) is 0 Å². The Kier molecular flexibility index (Phi) is 3.45. The van der Waals surface area contributed by atoms with Crippen LogP contribution >= 0.6 is 0 Å². The summed E-state index contributed by atoms with van der Waals surface area (Å²) in [5, 5.41) is 19.8. The van der Waals surface area contributed by atoms with Crippen molar-refractivity contribution in [1.29, 1.82) is 0 Å². The first-order valence-corrected chi connectivity index (χ1v) is 5.95. The summed E-state index contributed by atoms with van der Waals surface area (Å²) in [6.45, 7) is 1.36. The molecular weight excluding hydrogens is 236 g/mol. The summed E-state index contributed by atoms with van der Waals surface area (Å²) in [6.07, 6.45) is 0. The van der Waals surface area contributed by atoms with Crippen LogP contribution in [0, 0.1) is 10.1 Å². The summed E-state index contributed by atoms with van der Waals surface area (Å²) in [6, 6.07) is 4.74. The van der Waals surface area contributed by atoms with E-state index in [1.54, 1.807) is 0 Å². The Labute approximate surface area is 92.1 Å². The van der Waals surface area contributed by atoms with Gasteiger partial charge in [0.05, 0.1) is 16.4 Å². The molecule has 1 N–H and O–H groups in total. The maximum absolute atomic E-state index is 11.3. The van der Waals surface area contributed by atoms with Gasteiger partial charge < -0.3 is 0 Å². The van der Waals surface area contributed by atoms with Crippen LogP contribution in [0.4, 0.5) is 11.4 Å². The van der Waals surface area contributed by atoms with Crippen molar-refractivity contribution in [2.45, 2.75) is 6.92 Å². The van der Waals surface area contributed by atoms with Crippen LogP contribution in [-0.2, 0) is 10.0 Å². The minimum Gasteiger partial charge on any atom is -0.274 e.